The molecule has 0 aliphatic carbocycles. The van der Waals surface area contributed by atoms with E-state index in [0.29, 0.717) is 0 Å². The van der Waals surface area contributed by atoms with Crippen molar-refractivity contribution in [3.8, 4) is 0 Å². The molecule has 0 aromatic rings. The quantitative estimate of drug-likeness (QED) is 0.211. The maximum atomic E-state index is 12.1. The SMILES string of the molecule is CO[C@@H]1OC(C(=O)CO)[C@@H](O[C@@H]2OC3COC(C)(CC(=O)O)O[C@H]3[C@@H](O)C2O)[C@@H](O)C1O. The van der Waals surface area contributed by atoms with Crippen LogP contribution in [0.5, 0.6) is 0 Å². The third-order valence-electron chi connectivity index (χ3n) is 5.59. The first-order valence-corrected chi connectivity index (χ1v) is 9.90. The summed E-state index contributed by atoms with van der Waals surface area (Å²) in [7, 11) is 1.17. The maximum absolute atomic E-state index is 12.1. The standard InChI is InChI=1S/C18H28O14/c1-18(3-8(21)22)28-5-7-14(32-18)9(23)12(26)17(29-7)31-15-10(24)11(25)16(27-2)30-13(15)6(20)4-19/h7,9-17,19,23-26H,3-5H2,1-2H3,(H,21,22)/t7?,9-,10-,11?,12?,13?,14+,15-,16+,17-,18?/m0/s1. The Kier molecular flexibility index (Phi) is 7.84. The highest BCUT2D eigenvalue weighted by Crippen LogP contribution is 2.36. The average molecular weight is 468 g/mol. The Morgan fingerprint density at radius 3 is 2.28 bits per heavy atom. The Bertz CT molecular complexity index is 687. The second-order valence-corrected chi connectivity index (χ2v) is 7.99. The van der Waals surface area contributed by atoms with E-state index in [4.69, 9.17) is 33.5 Å². The molecule has 184 valence electrons. The first-order valence-electron chi connectivity index (χ1n) is 9.90. The second kappa shape index (κ2) is 9.90. The molecule has 0 radical (unpaired) electrons. The van der Waals surface area contributed by atoms with Crippen molar-refractivity contribution in [1.82, 2.24) is 0 Å². The number of ketones is 1. The molecule has 0 aromatic carbocycles. The molecule has 0 spiro atoms. The van der Waals surface area contributed by atoms with Crippen molar-refractivity contribution >= 4 is 11.8 Å². The molecular weight excluding hydrogens is 440 g/mol. The van der Waals surface area contributed by atoms with Crippen molar-refractivity contribution in [2.24, 2.45) is 0 Å². The number of aliphatic carboxylic acids is 1. The topological polar surface area (TPSA) is 211 Å². The maximum Gasteiger partial charge on any atom is 0.308 e. The summed E-state index contributed by atoms with van der Waals surface area (Å²) in [5, 5.41) is 59.9. The number of rotatable bonds is 7. The lowest BCUT2D eigenvalue weighted by molar-refractivity contribution is -0.399. The van der Waals surface area contributed by atoms with E-state index in [0.717, 1.165) is 0 Å². The molecule has 0 saturated carbocycles. The van der Waals surface area contributed by atoms with E-state index in [1.807, 2.05) is 0 Å². The fourth-order valence-corrected chi connectivity index (χ4v) is 3.93. The lowest BCUT2D eigenvalue weighted by Gasteiger charge is -2.50. The Morgan fingerprint density at radius 2 is 1.69 bits per heavy atom. The van der Waals surface area contributed by atoms with Crippen LogP contribution < -0.4 is 0 Å². The van der Waals surface area contributed by atoms with Crippen LogP contribution >= 0.6 is 0 Å². The minimum absolute atomic E-state index is 0.213. The van der Waals surface area contributed by atoms with Crippen LogP contribution in [0.1, 0.15) is 13.3 Å². The van der Waals surface area contributed by atoms with E-state index in [-0.39, 0.29) is 6.61 Å². The van der Waals surface area contributed by atoms with E-state index in [2.05, 4.69) is 0 Å². The zero-order valence-corrected chi connectivity index (χ0v) is 17.3. The van der Waals surface area contributed by atoms with Crippen molar-refractivity contribution in [3.05, 3.63) is 0 Å². The Morgan fingerprint density at radius 1 is 1.03 bits per heavy atom. The van der Waals surface area contributed by atoms with Crippen LogP contribution in [-0.2, 0) is 38.0 Å². The molecule has 14 nitrogen and oxygen atoms in total. The van der Waals surface area contributed by atoms with Gasteiger partial charge in [0.05, 0.1) is 13.0 Å². The molecule has 3 heterocycles. The lowest BCUT2D eigenvalue weighted by Crippen LogP contribution is -2.68. The molecule has 0 amide bonds. The van der Waals surface area contributed by atoms with Gasteiger partial charge in [-0.25, -0.2) is 0 Å². The highest BCUT2D eigenvalue weighted by atomic mass is 16.8. The minimum Gasteiger partial charge on any atom is -0.481 e. The number of carbonyl (C=O) groups excluding carboxylic acids is 1. The Balaban J connectivity index is 1.75. The number of carboxylic acid groups (broad SMARTS) is 1. The zero-order valence-electron chi connectivity index (χ0n) is 17.3. The van der Waals surface area contributed by atoms with E-state index in [1.165, 1.54) is 14.0 Å². The summed E-state index contributed by atoms with van der Waals surface area (Å²) in [6.07, 6.45) is -15.6. The molecule has 14 heteroatoms. The Labute approximate surface area is 182 Å². The first kappa shape index (κ1) is 25.3. The molecule has 11 atom stereocenters. The van der Waals surface area contributed by atoms with Crippen LogP contribution in [0, 0.1) is 0 Å². The van der Waals surface area contributed by atoms with E-state index in [1.54, 1.807) is 0 Å². The van der Waals surface area contributed by atoms with Crippen LogP contribution in [0.25, 0.3) is 0 Å². The molecule has 0 aromatic heterocycles. The van der Waals surface area contributed by atoms with Crippen LogP contribution in [0.3, 0.4) is 0 Å². The number of hydrogen-bond donors (Lipinski definition) is 6. The summed E-state index contributed by atoms with van der Waals surface area (Å²) in [5.74, 6) is -3.64. The number of aliphatic hydroxyl groups is 5. The lowest BCUT2D eigenvalue weighted by atomic mass is 9.94. The molecule has 5 unspecified atom stereocenters. The molecule has 3 aliphatic heterocycles. The molecule has 3 fully saturated rings. The summed E-state index contributed by atoms with van der Waals surface area (Å²) < 4.78 is 32.2. The van der Waals surface area contributed by atoms with Crippen LogP contribution in [0.15, 0.2) is 0 Å². The molecule has 0 bridgehead atoms. The number of ether oxygens (including phenoxy) is 6. The van der Waals surface area contributed by atoms with E-state index in [9.17, 15) is 35.1 Å². The van der Waals surface area contributed by atoms with Gasteiger partial charge in [0.2, 0.25) is 0 Å². The van der Waals surface area contributed by atoms with E-state index >= 15 is 0 Å². The van der Waals surface area contributed by atoms with Gasteiger partial charge >= 0.3 is 5.97 Å². The smallest absolute Gasteiger partial charge is 0.308 e. The van der Waals surface area contributed by atoms with Gasteiger partial charge in [-0.1, -0.05) is 0 Å². The van der Waals surface area contributed by atoms with Crippen LogP contribution in [0.4, 0.5) is 0 Å². The van der Waals surface area contributed by atoms with Gasteiger partial charge in [0.25, 0.3) is 0 Å². The Hall–Kier alpha value is -1.30. The minimum atomic E-state index is -1.75. The highest BCUT2D eigenvalue weighted by Gasteiger charge is 2.55. The fraction of sp³-hybridized carbons (Fsp3) is 0.889. The molecule has 3 rings (SSSR count). The fourth-order valence-electron chi connectivity index (χ4n) is 3.93. The van der Waals surface area contributed by atoms with Crippen molar-refractivity contribution in [3.63, 3.8) is 0 Å². The zero-order chi connectivity index (χ0) is 23.8. The van der Waals surface area contributed by atoms with Gasteiger partial charge in [0.1, 0.15) is 49.3 Å². The van der Waals surface area contributed by atoms with Gasteiger partial charge in [-0.3, -0.25) is 9.59 Å². The normalized spacial score (nSPS) is 47.0. The van der Waals surface area contributed by atoms with Gasteiger partial charge in [-0.15, -0.1) is 0 Å². The molecule has 3 aliphatic rings. The van der Waals surface area contributed by atoms with Gasteiger partial charge in [0, 0.05) is 7.11 Å². The number of hydrogen-bond acceptors (Lipinski definition) is 13. The second-order valence-electron chi connectivity index (χ2n) is 7.99. The largest absolute Gasteiger partial charge is 0.481 e. The average Bonchev–Trinajstić information content (AvgIpc) is 2.74. The van der Waals surface area contributed by atoms with Crippen LogP contribution in [0.2, 0.25) is 0 Å². The number of methoxy groups -OCH3 is 1. The monoisotopic (exact) mass is 468 g/mol. The van der Waals surface area contributed by atoms with Gasteiger partial charge in [0.15, 0.2) is 30.3 Å². The third kappa shape index (κ3) is 4.95. The predicted octanol–water partition coefficient (Wildman–Crippen LogP) is -3.92. The van der Waals surface area contributed by atoms with E-state index < -0.39 is 92.0 Å². The number of fused-ring (bicyclic) bond motifs is 1. The van der Waals surface area contributed by atoms with Crippen molar-refractivity contribution in [2.45, 2.75) is 80.5 Å². The summed E-state index contributed by atoms with van der Waals surface area (Å²) in [6.45, 7) is 0.192. The van der Waals surface area contributed by atoms with Crippen molar-refractivity contribution in [1.29, 1.82) is 0 Å². The molecule has 6 N–H and O–H groups in total. The van der Waals surface area contributed by atoms with Crippen molar-refractivity contribution < 1.29 is 68.6 Å². The third-order valence-corrected chi connectivity index (χ3v) is 5.59. The number of Topliss-reactive ketones (excluding diaryl/α,β-unsaturated/α-hetero) is 1. The van der Waals surface area contributed by atoms with Crippen LogP contribution in [-0.4, -0.2) is 130 Å². The van der Waals surface area contributed by atoms with Gasteiger partial charge < -0.3 is 59.1 Å². The number of aliphatic hydroxyl groups excluding tert-OH is 5. The summed E-state index contributed by atoms with van der Waals surface area (Å²) in [5.41, 5.74) is 0. The summed E-state index contributed by atoms with van der Waals surface area (Å²) >= 11 is 0. The number of carboxylic acids is 1. The first-order chi connectivity index (χ1) is 15.0. The highest BCUT2D eigenvalue weighted by molar-refractivity contribution is 5.85. The number of carbonyl (C=O) groups is 2. The molecule has 32 heavy (non-hydrogen) atoms. The van der Waals surface area contributed by atoms with Gasteiger partial charge in [-0.2, -0.15) is 0 Å². The predicted molar refractivity (Wildman–Crippen MR) is 96.8 cm³/mol. The molecule has 3 saturated heterocycles. The van der Waals surface area contributed by atoms with Gasteiger partial charge in [-0.05, 0) is 6.92 Å². The van der Waals surface area contributed by atoms with Crippen molar-refractivity contribution in [2.75, 3.05) is 20.3 Å². The molecular formula is C18H28O14. The summed E-state index contributed by atoms with van der Waals surface area (Å²) in [4.78, 5) is 23.2. The summed E-state index contributed by atoms with van der Waals surface area (Å²) in [6, 6.07) is 0.